The normalized spacial score (nSPS) is 18.3. The lowest BCUT2D eigenvalue weighted by Gasteiger charge is -2.29. The molecular weight excluding hydrogens is 260 g/mol. The van der Waals surface area contributed by atoms with Crippen LogP contribution in [0.2, 0.25) is 0 Å². The maximum absolute atomic E-state index is 11.7. The zero-order valence-corrected chi connectivity index (χ0v) is 9.92. The molecule has 4 heteroatoms. The van der Waals surface area contributed by atoms with Crippen molar-refractivity contribution in [3.63, 3.8) is 0 Å². The fourth-order valence-corrected chi connectivity index (χ4v) is 1.85. The number of Topliss-reactive ketones (excluding diaryl/α,β-unsaturated/α-hetero) is 2. The van der Waals surface area contributed by atoms with Crippen molar-refractivity contribution in [2.45, 2.75) is 19.4 Å². The van der Waals surface area contributed by atoms with E-state index in [2.05, 4.69) is 15.9 Å². The number of carbonyl (C=O) groups excluding carboxylic acids is 2. The molecule has 0 fully saturated rings. The lowest BCUT2D eigenvalue weighted by Crippen LogP contribution is -2.46. The number of halogens is 1. The first-order valence-corrected chi connectivity index (χ1v) is 5.29. The summed E-state index contributed by atoms with van der Waals surface area (Å²) in [5, 5.41) is 0. The van der Waals surface area contributed by atoms with Gasteiger partial charge in [-0.15, -0.1) is 0 Å². The fraction of sp³-hybridized carbons (Fsp3) is 0.273. The van der Waals surface area contributed by atoms with Gasteiger partial charge >= 0.3 is 0 Å². The number of hydrogen-bond donors (Lipinski definition) is 0. The molecule has 0 aromatic heterocycles. The zero-order chi connectivity index (χ0) is 11.2. The van der Waals surface area contributed by atoms with E-state index < -0.39 is 17.2 Å². The third-order valence-corrected chi connectivity index (χ3v) is 2.80. The summed E-state index contributed by atoms with van der Waals surface area (Å²) in [4.78, 5) is 23.4. The Balaban J connectivity index is 2.60. The Kier molecular flexibility index (Phi) is 2.19. The van der Waals surface area contributed by atoms with Crippen LogP contribution in [0.15, 0.2) is 22.7 Å². The molecule has 3 nitrogen and oxygen atoms in total. The summed E-state index contributed by atoms with van der Waals surface area (Å²) in [7, 11) is 0. The summed E-state index contributed by atoms with van der Waals surface area (Å²) in [6.07, 6.45) is 0. The summed E-state index contributed by atoms with van der Waals surface area (Å²) in [5.74, 6) is -0.525. The predicted molar refractivity (Wildman–Crippen MR) is 58.2 cm³/mol. The molecule has 0 unspecified atom stereocenters. The molecule has 0 saturated carbocycles. The number of rotatable bonds is 0. The largest absolute Gasteiger partial charge is 0.479 e. The van der Waals surface area contributed by atoms with Crippen molar-refractivity contribution in [3.05, 3.63) is 28.2 Å². The van der Waals surface area contributed by atoms with Crippen molar-refractivity contribution >= 4 is 27.5 Å². The van der Waals surface area contributed by atoms with E-state index in [1.54, 1.807) is 32.0 Å². The first-order chi connectivity index (χ1) is 6.92. The second kappa shape index (κ2) is 3.17. The summed E-state index contributed by atoms with van der Waals surface area (Å²) in [6, 6.07) is 5.06. The summed E-state index contributed by atoms with van der Waals surface area (Å²) in [6.45, 7) is 3.19. The lowest BCUT2D eigenvalue weighted by molar-refractivity contribution is -0.128. The molecule has 1 aromatic rings. The Morgan fingerprint density at radius 2 is 1.93 bits per heavy atom. The maximum atomic E-state index is 11.7. The van der Waals surface area contributed by atoms with Gasteiger partial charge in [-0.2, -0.15) is 0 Å². The minimum absolute atomic E-state index is 0.328. The molecule has 0 aliphatic carbocycles. The lowest BCUT2D eigenvalue weighted by atomic mass is 9.92. The highest BCUT2D eigenvalue weighted by molar-refractivity contribution is 9.10. The van der Waals surface area contributed by atoms with Crippen LogP contribution in [-0.4, -0.2) is 17.2 Å². The Hall–Kier alpha value is -1.16. The van der Waals surface area contributed by atoms with E-state index in [-0.39, 0.29) is 0 Å². The molecule has 1 aliphatic heterocycles. The van der Waals surface area contributed by atoms with Crippen molar-refractivity contribution < 1.29 is 14.3 Å². The molecule has 0 spiro atoms. The number of carbonyl (C=O) groups is 2. The van der Waals surface area contributed by atoms with Gasteiger partial charge in [-0.25, -0.2) is 0 Å². The van der Waals surface area contributed by atoms with Gasteiger partial charge in [-0.3, -0.25) is 9.59 Å². The molecular formula is C11H9BrO3. The molecule has 0 saturated heterocycles. The predicted octanol–water partition coefficient (Wildman–Crippen LogP) is 2.37. The van der Waals surface area contributed by atoms with Gasteiger partial charge in [0.15, 0.2) is 5.60 Å². The van der Waals surface area contributed by atoms with Crippen LogP contribution in [0.4, 0.5) is 0 Å². The molecule has 0 atom stereocenters. The van der Waals surface area contributed by atoms with Crippen LogP contribution in [-0.2, 0) is 4.79 Å². The third-order valence-electron chi connectivity index (χ3n) is 2.30. The molecule has 2 rings (SSSR count). The van der Waals surface area contributed by atoms with E-state index >= 15 is 0 Å². The van der Waals surface area contributed by atoms with Crippen LogP contribution in [0, 0.1) is 0 Å². The molecule has 1 heterocycles. The highest BCUT2D eigenvalue weighted by atomic mass is 79.9. The average molecular weight is 269 g/mol. The van der Waals surface area contributed by atoms with Gasteiger partial charge < -0.3 is 4.74 Å². The summed E-state index contributed by atoms with van der Waals surface area (Å²) >= 11 is 3.25. The van der Waals surface area contributed by atoms with Crippen molar-refractivity contribution in [2.75, 3.05) is 0 Å². The zero-order valence-electron chi connectivity index (χ0n) is 8.33. The molecule has 78 valence electrons. The number of hydrogen-bond acceptors (Lipinski definition) is 3. The topological polar surface area (TPSA) is 43.4 Å². The minimum atomic E-state index is -1.06. The van der Waals surface area contributed by atoms with Crippen molar-refractivity contribution in [1.29, 1.82) is 0 Å². The molecule has 0 amide bonds. The second-order valence-corrected chi connectivity index (χ2v) is 4.83. The van der Waals surface area contributed by atoms with Gasteiger partial charge in [0.25, 0.3) is 0 Å². The third kappa shape index (κ3) is 1.59. The van der Waals surface area contributed by atoms with Crippen molar-refractivity contribution in [1.82, 2.24) is 0 Å². The van der Waals surface area contributed by atoms with Gasteiger partial charge in [0.1, 0.15) is 5.75 Å². The number of ether oxygens (including phenoxy) is 1. The Morgan fingerprint density at radius 1 is 1.27 bits per heavy atom. The van der Waals surface area contributed by atoms with Crippen LogP contribution < -0.4 is 4.74 Å². The molecule has 15 heavy (non-hydrogen) atoms. The number of benzene rings is 1. The van der Waals surface area contributed by atoms with Crippen LogP contribution in [0.25, 0.3) is 0 Å². The quantitative estimate of drug-likeness (QED) is 0.679. The highest BCUT2D eigenvalue weighted by Crippen LogP contribution is 2.32. The van der Waals surface area contributed by atoms with E-state index in [0.717, 1.165) is 4.47 Å². The van der Waals surface area contributed by atoms with E-state index in [9.17, 15) is 9.59 Å². The summed E-state index contributed by atoms with van der Waals surface area (Å²) < 4.78 is 6.22. The standard InChI is InChI=1S/C11H9BrO3/c1-11(2)10(14)9(13)7-5-6(12)3-4-8(7)15-11/h3-5H,1-2H3. The molecule has 0 N–H and O–H groups in total. The van der Waals surface area contributed by atoms with E-state index in [4.69, 9.17) is 4.74 Å². The van der Waals surface area contributed by atoms with Gasteiger partial charge in [-0.1, -0.05) is 15.9 Å². The van der Waals surface area contributed by atoms with Gasteiger partial charge in [0, 0.05) is 4.47 Å². The van der Waals surface area contributed by atoms with E-state index in [1.807, 2.05) is 0 Å². The van der Waals surface area contributed by atoms with Crippen LogP contribution in [0.3, 0.4) is 0 Å². The van der Waals surface area contributed by atoms with Gasteiger partial charge in [0.05, 0.1) is 5.56 Å². The number of ketones is 2. The van der Waals surface area contributed by atoms with Crippen LogP contribution in [0.1, 0.15) is 24.2 Å². The molecule has 1 aliphatic rings. The highest BCUT2D eigenvalue weighted by Gasteiger charge is 2.41. The fourth-order valence-electron chi connectivity index (χ4n) is 1.49. The SMILES string of the molecule is CC1(C)Oc2ccc(Br)cc2C(=O)C1=O. The van der Waals surface area contributed by atoms with Crippen molar-refractivity contribution in [2.24, 2.45) is 0 Å². The Morgan fingerprint density at radius 3 is 2.60 bits per heavy atom. The Bertz CT molecular complexity index is 463. The first kappa shape index (κ1) is 10.4. The van der Waals surface area contributed by atoms with E-state index in [0.29, 0.717) is 11.3 Å². The molecule has 1 aromatic carbocycles. The van der Waals surface area contributed by atoms with E-state index in [1.165, 1.54) is 0 Å². The first-order valence-electron chi connectivity index (χ1n) is 4.49. The molecule has 0 radical (unpaired) electrons. The minimum Gasteiger partial charge on any atom is -0.479 e. The number of fused-ring (bicyclic) bond motifs is 1. The smallest absolute Gasteiger partial charge is 0.246 e. The van der Waals surface area contributed by atoms with Crippen LogP contribution in [0.5, 0.6) is 5.75 Å². The van der Waals surface area contributed by atoms with Crippen molar-refractivity contribution in [3.8, 4) is 5.75 Å². The maximum Gasteiger partial charge on any atom is 0.246 e. The van der Waals surface area contributed by atoms with Gasteiger partial charge in [0.2, 0.25) is 11.6 Å². The second-order valence-electron chi connectivity index (χ2n) is 3.91. The van der Waals surface area contributed by atoms with Crippen LogP contribution >= 0.6 is 15.9 Å². The Labute approximate surface area is 95.6 Å². The monoisotopic (exact) mass is 268 g/mol. The molecule has 0 bridgehead atoms. The average Bonchev–Trinajstić information content (AvgIpc) is 2.16. The van der Waals surface area contributed by atoms with Gasteiger partial charge in [-0.05, 0) is 32.0 Å². The summed E-state index contributed by atoms with van der Waals surface area (Å²) in [5.41, 5.74) is -0.730.